The highest BCUT2D eigenvalue weighted by atomic mass is 16.5. The minimum atomic E-state index is -0.627. The lowest BCUT2D eigenvalue weighted by Crippen LogP contribution is -2.28. The molecule has 9 aromatic rings. The molecule has 0 fully saturated rings. The molecular weight excluding hydrogens is 785 g/mol. The second-order valence-corrected chi connectivity index (χ2v) is 15.9. The van der Waals surface area contributed by atoms with Crippen LogP contribution in [0.3, 0.4) is 0 Å². The SMILES string of the molecule is Cc1ccc(C#Cc2cccc(C(=O)c3ccc(Oc4ccc(C5(c6ccc(Oc7cccc(C(=O)c8ccccc8)c7)cc6)c6ccccc6-c6ccccc65)cc4)cc3)c2)cc1. The van der Waals surface area contributed by atoms with Crippen molar-refractivity contribution in [2.45, 2.75) is 12.3 Å². The van der Waals surface area contributed by atoms with E-state index in [9.17, 15) is 9.59 Å². The quantitative estimate of drug-likeness (QED) is 0.102. The van der Waals surface area contributed by atoms with Crippen molar-refractivity contribution >= 4 is 11.6 Å². The number of carbonyl (C=O) groups excluding carboxylic acids is 2. The number of hydrogen-bond acceptors (Lipinski definition) is 4. The average Bonchev–Trinajstić information content (AvgIpc) is 3.65. The van der Waals surface area contributed by atoms with Gasteiger partial charge in [0.05, 0.1) is 5.41 Å². The predicted molar refractivity (Wildman–Crippen MR) is 254 cm³/mol. The number of hydrogen-bond donors (Lipinski definition) is 0. The molecule has 64 heavy (non-hydrogen) atoms. The first-order valence-electron chi connectivity index (χ1n) is 21.2. The van der Waals surface area contributed by atoms with E-state index >= 15 is 0 Å². The van der Waals surface area contributed by atoms with Gasteiger partial charge in [-0.15, -0.1) is 0 Å². The molecule has 0 saturated carbocycles. The molecule has 0 spiro atoms. The first kappa shape index (κ1) is 39.6. The summed E-state index contributed by atoms with van der Waals surface area (Å²) in [6.45, 7) is 2.05. The number of carbonyl (C=O) groups is 2. The van der Waals surface area contributed by atoms with Gasteiger partial charge in [0.1, 0.15) is 23.0 Å². The molecule has 1 aliphatic rings. The van der Waals surface area contributed by atoms with E-state index in [0.717, 1.165) is 22.3 Å². The van der Waals surface area contributed by atoms with Crippen LogP contribution in [-0.4, -0.2) is 11.6 Å². The molecule has 0 amide bonds. The molecule has 1 aliphatic carbocycles. The van der Waals surface area contributed by atoms with Crippen molar-refractivity contribution in [3.8, 4) is 46.0 Å². The Morgan fingerprint density at radius 1 is 0.375 bits per heavy atom. The van der Waals surface area contributed by atoms with Crippen LogP contribution in [0.25, 0.3) is 11.1 Å². The van der Waals surface area contributed by atoms with E-state index in [-0.39, 0.29) is 11.6 Å². The molecule has 4 nitrogen and oxygen atoms in total. The molecule has 0 N–H and O–H groups in total. The number of aryl methyl sites for hydroxylation is 1. The Bertz CT molecular complexity index is 3180. The summed E-state index contributed by atoms with van der Waals surface area (Å²) < 4.78 is 12.7. The molecule has 0 saturated heterocycles. The van der Waals surface area contributed by atoms with Gasteiger partial charge in [-0.3, -0.25) is 9.59 Å². The lowest BCUT2D eigenvalue weighted by molar-refractivity contribution is 0.103. The zero-order chi connectivity index (χ0) is 43.5. The first-order chi connectivity index (χ1) is 31.4. The molecule has 0 aromatic heterocycles. The van der Waals surface area contributed by atoms with Crippen LogP contribution in [0.1, 0.15) is 70.8 Å². The molecule has 0 bridgehead atoms. The van der Waals surface area contributed by atoms with E-state index in [1.165, 1.54) is 27.8 Å². The van der Waals surface area contributed by atoms with Crippen molar-refractivity contribution < 1.29 is 19.1 Å². The van der Waals surface area contributed by atoms with Crippen LogP contribution in [0.5, 0.6) is 23.0 Å². The monoisotopic (exact) mass is 824 g/mol. The molecule has 0 unspecified atom stereocenters. The van der Waals surface area contributed by atoms with Crippen LogP contribution in [0, 0.1) is 18.8 Å². The zero-order valence-electron chi connectivity index (χ0n) is 35.0. The fraction of sp³-hybridized carbons (Fsp3) is 0.0333. The summed E-state index contributed by atoms with van der Waals surface area (Å²) in [5, 5.41) is 0. The summed E-state index contributed by atoms with van der Waals surface area (Å²) in [5.41, 5.74) is 11.5. The van der Waals surface area contributed by atoms with Crippen molar-refractivity contribution in [3.63, 3.8) is 0 Å². The fourth-order valence-corrected chi connectivity index (χ4v) is 8.66. The van der Waals surface area contributed by atoms with E-state index in [2.05, 4.69) is 84.6 Å². The Hall–Kier alpha value is -8.52. The Balaban J connectivity index is 0.905. The Kier molecular flexibility index (Phi) is 10.6. The van der Waals surface area contributed by atoms with Crippen LogP contribution >= 0.6 is 0 Å². The van der Waals surface area contributed by atoms with Gasteiger partial charge in [0.2, 0.25) is 0 Å². The molecular formula is C60H40O4. The maximum atomic E-state index is 13.5. The minimum Gasteiger partial charge on any atom is -0.457 e. The van der Waals surface area contributed by atoms with Gasteiger partial charge in [-0.2, -0.15) is 0 Å². The van der Waals surface area contributed by atoms with Crippen LogP contribution in [0.2, 0.25) is 0 Å². The van der Waals surface area contributed by atoms with Gasteiger partial charge in [0, 0.05) is 33.4 Å². The summed E-state index contributed by atoms with van der Waals surface area (Å²) in [5.74, 6) is 8.79. The number of ketones is 2. The second kappa shape index (κ2) is 17.1. The van der Waals surface area contributed by atoms with Crippen molar-refractivity contribution in [1.29, 1.82) is 0 Å². The highest BCUT2D eigenvalue weighted by molar-refractivity contribution is 6.09. The summed E-state index contributed by atoms with van der Waals surface area (Å²) in [4.78, 5) is 26.7. The van der Waals surface area contributed by atoms with Crippen LogP contribution < -0.4 is 9.47 Å². The van der Waals surface area contributed by atoms with Crippen LogP contribution in [0.4, 0.5) is 0 Å². The molecule has 9 aromatic carbocycles. The Morgan fingerprint density at radius 2 is 0.828 bits per heavy atom. The molecule has 10 rings (SSSR count). The zero-order valence-corrected chi connectivity index (χ0v) is 35.0. The van der Waals surface area contributed by atoms with Gasteiger partial charge in [-0.1, -0.05) is 157 Å². The maximum absolute atomic E-state index is 13.5. The van der Waals surface area contributed by atoms with E-state index in [1.54, 1.807) is 18.2 Å². The Morgan fingerprint density at radius 3 is 1.42 bits per heavy atom. The van der Waals surface area contributed by atoms with Crippen molar-refractivity contribution in [2.24, 2.45) is 0 Å². The van der Waals surface area contributed by atoms with E-state index < -0.39 is 5.41 Å². The van der Waals surface area contributed by atoms with E-state index in [1.807, 2.05) is 140 Å². The number of fused-ring (bicyclic) bond motifs is 3. The fourth-order valence-electron chi connectivity index (χ4n) is 8.66. The summed E-state index contributed by atoms with van der Waals surface area (Å²) >= 11 is 0. The van der Waals surface area contributed by atoms with Gasteiger partial charge in [-0.05, 0) is 125 Å². The van der Waals surface area contributed by atoms with Crippen molar-refractivity contribution in [3.05, 3.63) is 286 Å². The average molecular weight is 825 g/mol. The molecule has 4 heteroatoms. The highest BCUT2D eigenvalue weighted by Crippen LogP contribution is 2.56. The van der Waals surface area contributed by atoms with E-state index in [0.29, 0.717) is 45.3 Å². The first-order valence-corrected chi connectivity index (χ1v) is 21.2. The standard InChI is InChI=1S/C60H40O4/c1-41-21-23-42(24-22-41)25-26-43-11-9-14-46(39-43)59(62)45-27-33-50(34-28-45)63-51-35-29-48(30-36-51)60(56-19-7-5-17-54(56)55-18-6-8-20-57(55)60)49-31-37-52(38-32-49)64-53-16-10-15-47(40-53)58(61)44-12-3-2-4-13-44/h2-24,27-40H,1H3. The third-order valence-electron chi connectivity index (χ3n) is 11.8. The third kappa shape index (κ3) is 7.68. The lowest BCUT2D eigenvalue weighted by Gasteiger charge is -2.34. The Labute approximate surface area is 373 Å². The smallest absolute Gasteiger partial charge is 0.193 e. The molecule has 0 heterocycles. The number of benzene rings is 9. The van der Waals surface area contributed by atoms with Gasteiger partial charge < -0.3 is 9.47 Å². The second-order valence-electron chi connectivity index (χ2n) is 15.9. The predicted octanol–water partition coefficient (Wildman–Crippen LogP) is 13.8. The number of rotatable bonds is 10. The lowest BCUT2D eigenvalue weighted by atomic mass is 9.68. The maximum Gasteiger partial charge on any atom is 0.193 e. The summed E-state index contributed by atoms with van der Waals surface area (Å²) in [7, 11) is 0. The molecule has 0 atom stereocenters. The van der Waals surface area contributed by atoms with Crippen LogP contribution in [-0.2, 0) is 5.41 Å². The normalized spacial score (nSPS) is 12.0. The third-order valence-corrected chi connectivity index (χ3v) is 11.8. The van der Waals surface area contributed by atoms with Gasteiger partial charge in [0.15, 0.2) is 11.6 Å². The number of ether oxygens (including phenoxy) is 2. The molecule has 0 aliphatic heterocycles. The van der Waals surface area contributed by atoms with Gasteiger partial charge >= 0.3 is 0 Å². The van der Waals surface area contributed by atoms with Crippen molar-refractivity contribution in [1.82, 2.24) is 0 Å². The van der Waals surface area contributed by atoms with Crippen molar-refractivity contribution in [2.75, 3.05) is 0 Å². The summed E-state index contributed by atoms with van der Waals surface area (Å²) in [6, 6.07) is 73.1. The van der Waals surface area contributed by atoms with Gasteiger partial charge in [0.25, 0.3) is 0 Å². The van der Waals surface area contributed by atoms with Gasteiger partial charge in [-0.25, -0.2) is 0 Å². The molecule has 304 valence electrons. The largest absolute Gasteiger partial charge is 0.457 e. The van der Waals surface area contributed by atoms with E-state index in [4.69, 9.17) is 9.47 Å². The minimum absolute atomic E-state index is 0.0538. The highest BCUT2D eigenvalue weighted by Gasteiger charge is 2.45. The van der Waals surface area contributed by atoms with Crippen LogP contribution in [0.15, 0.2) is 224 Å². The topological polar surface area (TPSA) is 52.6 Å². The molecule has 0 radical (unpaired) electrons. The summed E-state index contributed by atoms with van der Waals surface area (Å²) in [6.07, 6.45) is 0.